The third kappa shape index (κ3) is 3.27. The Morgan fingerprint density at radius 3 is 2.86 bits per heavy atom. The number of likely N-dealkylation sites (N-methyl/N-ethyl adjacent to an activating group) is 1. The summed E-state index contributed by atoms with van der Waals surface area (Å²) in [5.74, 6) is 0.812. The molecule has 1 atom stereocenters. The largest absolute Gasteiger partial charge is 0.379 e. The zero-order valence-corrected chi connectivity index (χ0v) is 13.9. The molecule has 0 saturated carbocycles. The molecule has 0 spiro atoms. The SMILES string of the molecule is COC1CN(CCc2cc3n(n2)CCC(N)C(=O)N3C)C1.Cl. The van der Waals surface area contributed by atoms with Crippen LogP contribution < -0.4 is 10.6 Å². The lowest BCUT2D eigenvalue weighted by molar-refractivity contribution is -0.119. The molecule has 0 radical (unpaired) electrons. The van der Waals surface area contributed by atoms with E-state index in [1.54, 1.807) is 19.1 Å². The second-order valence-corrected chi connectivity index (χ2v) is 5.88. The molecular formula is C14H24ClN5O2. The molecule has 0 aromatic carbocycles. The molecule has 3 rings (SSSR count). The number of likely N-dealkylation sites (tertiary alicyclic amines) is 1. The molecule has 0 bridgehead atoms. The fourth-order valence-corrected chi connectivity index (χ4v) is 2.89. The van der Waals surface area contributed by atoms with Crippen molar-refractivity contribution in [2.24, 2.45) is 5.73 Å². The van der Waals surface area contributed by atoms with Crippen molar-refractivity contribution in [2.45, 2.75) is 31.5 Å². The second kappa shape index (κ2) is 6.95. The molecule has 1 fully saturated rings. The van der Waals surface area contributed by atoms with E-state index >= 15 is 0 Å². The minimum atomic E-state index is -0.424. The molecule has 1 unspecified atom stereocenters. The van der Waals surface area contributed by atoms with Crippen molar-refractivity contribution >= 4 is 24.1 Å². The summed E-state index contributed by atoms with van der Waals surface area (Å²) in [6.45, 7) is 3.67. The Bertz CT molecular complexity index is 529. The fourth-order valence-electron chi connectivity index (χ4n) is 2.89. The molecule has 1 aromatic rings. The number of halogens is 1. The Balaban J connectivity index is 0.00000176. The Hall–Kier alpha value is -1.15. The van der Waals surface area contributed by atoms with Crippen molar-refractivity contribution < 1.29 is 9.53 Å². The summed E-state index contributed by atoms with van der Waals surface area (Å²) in [7, 11) is 3.52. The molecule has 7 nitrogen and oxygen atoms in total. The summed E-state index contributed by atoms with van der Waals surface area (Å²) in [5.41, 5.74) is 6.87. The number of carbonyl (C=O) groups is 1. The van der Waals surface area contributed by atoms with Gasteiger partial charge in [-0.3, -0.25) is 14.6 Å². The zero-order valence-electron chi connectivity index (χ0n) is 13.1. The second-order valence-electron chi connectivity index (χ2n) is 5.88. The summed E-state index contributed by atoms with van der Waals surface area (Å²) < 4.78 is 7.16. The number of hydrogen-bond acceptors (Lipinski definition) is 5. The number of ether oxygens (including phenoxy) is 1. The highest BCUT2D eigenvalue weighted by molar-refractivity contribution is 5.96. The van der Waals surface area contributed by atoms with Crippen molar-refractivity contribution in [1.82, 2.24) is 14.7 Å². The number of rotatable bonds is 4. The number of amides is 1. The van der Waals surface area contributed by atoms with Gasteiger partial charge in [-0.05, 0) is 6.42 Å². The summed E-state index contributed by atoms with van der Waals surface area (Å²) >= 11 is 0. The maximum atomic E-state index is 12.0. The van der Waals surface area contributed by atoms with Gasteiger partial charge in [0.2, 0.25) is 5.91 Å². The quantitative estimate of drug-likeness (QED) is 0.833. The highest BCUT2D eigenvalue weighted by Gasteiger charge is 2.28. The average molecular weight is 330 g/mol. The van der Waals surface area contributed by atoms with Crippen LogP contribution in [-0.4, -0.2) is 66.5 Å². The van der Waals surface area contributed by atoms with E-state index in [9.17, 15) is 4.79 Å². The first-order valence-corrected chi connectivity index (χ1v) is 7.43. The van der Waals surface area contributed by atoms with Gasteiger partial charge in [0.05, 0.1) is 17.8 Å². The van der Waals surface area contributed by atoms with Crippen molar-refractivity contribution in [1.29, 1.82) is 0 Å². The van der Waals surface area contributed by atoms with Crippen LogP contribution >= 0.6 is 12.4 Å². The van der Waals surface area contributed by atoms with Crippen LogP contribution in [0.3, 0.4) is 0 Å². The third-order valence-corrected chi connectivity index (χ3v) is 4.39. The lowest BCUT2D eigenvalue weighted by Crippen LogP contribution is -2.52. The molecule has 0 aliphatic carbocycles. The Kier molecular flexibility index (Phi) is 5.44. The van der Waals surface area contributed by atoms with E-state index in [0.717, 1.165) is 37.6 Å². The Morgan fingerprint density at radius 2 is 2.18 bits per heavy atom. The molecule has 3 heterocycles. The maximum absolute atomic E-state index is 12.0. The number of methoxy groups -OCH3 is 1. The number of anilines is 1. The number of nitrogens with two attached hydrogens (primary N) is 1. The maximum Gasteiger partial charge on any atom is 0.244 e. The molecule has 22 heavy (non-hydrogen) atoms. The molecule has 1 aromatic heterocycles. The number of carbonyl (C=O) groups excluding carboxylic acids is 1. The van der Waals surface area contributed by atoms with E-state index in [-0.39, 0.29) is 18.3 Å². The van der Waals surface area contributed by atoms with Gasteiger partial charge in [0.15, 0.2) is 0 Å². The Morgan fingerprint density at radius 1 is 1.45 bits per heavy atom. The minimum Gasteiger partial charge on any atom is -0.379 e. The monoisotopic (exact) mass is 329 g/mol. The summed E-state index contributed by atoms with van der Waals surface area (Å²) in [6, 6.07) is 1.58. The van der Waals surface area contributed by atoms with Crippen LogP contribution in [0.1, 0.15) is 12.1 Å². The van der Waals surface area contributed by atoms with E-state index in [1.165, 1.54) is 0 Å². The Labute approximate surface area is 136 Å². The molecule has 124 valence electrons. The number of hydrogen-bond donors (Lipinski definition) is 1. The number of aromatic nitrogens is 2. The van der Waals surface area contributed by atoms with Gasteiger partial charge in [0.25, 0.3) is 0 Å². The molecule has 8 heteroatoms. The van der Waals surface area contributed by atoms with Crippen LogP contribution in [0.2, 0.25) is 0 Å². The van der Waals surface area contributed by atoms with Crippen molar-refractivity contribution in [3.05, 3.63) is 11.8 Å². The molecule has 1 amide bonds. The first-order chi connectivity index (χ1) is 10.1. The van der Waals surface area contributed by atoms with E-state index in [4.69, 9.17) is 10.5 Å². The fraction of sp³-hybridized carbons (Fsp3) is 0.714. The van der Waals surface area contributed by atoms with Gasteiger partial charge in [-0.1, -0.05) is 0 Å². The smallest absolute Gasteiger partial charge is 0.244 e. The number of aryl methyl sites for hydroxylation is 1. The lowest BCUT2D eigenvalue weighted by Gasteiger charge is -2.37. The average Bonchev–Trinajstić information content (AvgIpc) is 2.81. The van der Waals surface area contributed by atoms with Gasteiger partial charge in [0, 0.05) is 52.8 Å². The van der Waals surface area contributed by atoms with Crippen molar-refractivity contribution in [3.8, 4) is 0 Å². The van der Waals surface area contributed by atoms with Crippen LogP contribution in [-0.2, 0) is 22.5 Å². The summed E-state index contributed by atoms with van der Waals surface area (Å²) in [5, 5.41) is 4.61. The number of nitrogens with zero attached hydrogens (tertiary/aromatic N) is 4. The zero-order chi connectivity index (χ0) is 15.0. The third-order valence-electron chi connectivity index (χ3n) is 4.39. The van der Waals surface area contributed by atoms with Gasteiger partial charge < -0.3 is 10.5 Å². The molecule has 2 N–H and O–H groups in total. The van der Waals surface area contributed by atoms with Crippen LogP contribution in [0.4, 0.5) is 5.82 Å². The predicted octanol–water partition coefficient (Wildman–Crippen LogP) is -0.128. The van der Waals surface area contributed by atoms with Crippen LogP contribution in [0.25, 0.3) is 0 Å². The molecule has 1 saturated heterocycles. The highest BCUT2D eigenvalue weighted by atomic mass is 35.5. The van der Waals surface area contributed by atoms with Crippen molar-refractivity contribution in [3.63, 3.8) is 0 Å². The molecule has 2 aliphatic rings. The molecule has 2 aliphatic heterocycles. The lowest BCUT2D eigenvalue weighted by atomic mass is 10.1. The predicted molar refractivity (Wildman–Crippen MR) is 86.4 cm³/mol. The first kappa shape index (κ1) is 17.2. The van der Waals surface area contributed by atoms with Gasteiger partial charge in [0.1, 0.15) is 5.82 Å². The van der Waals surface area contributed by atoms with Crippen molar-refractivity contribution in [2.75, 3.05) is 38.7 Å². The van der Waals surface area contributed by atoms with Crippen LogP contribution in [0, 0.1) is 0 Å². The minimum absolute atomic E-state index is 0. The van der Waals surface area contributed by atoms with E-state index < -0.39 is 6.04 Å². The number of fused-ring (bicyclic) bond motifs is 1. The van der Waals surface area contributed by atoms with Gasteiger partial charge in [-0.2, -0.15) is 5.10 Å². The van der Waals surface area contributed by atoms with Crippen LogP contribution in [0.15, 0.2) is 6.07 Å². The van der Waals surface area contributed by atoms with Crippen LogP contribution in [0.5, 0.6) is 0 Å². The van der Waals surface area contributed by atoms with E-state index in [0.29, 0.717) is 19.1 Å². The normalized spacial score (nSPS) is 22.8. The van der Waals surface area contributed by atoms with Gasteiger partial charge in [-0.25, -0.2) is 4.68 Å². The first-order valence-electron chi connectivity index (χ1n) is 7.43. The highest BCUT2D eigenvalue weighted by Crippen LogP contribution is 2.21. The molecular weight excluding hydrogens is 306 g/mol. The standard InChI is InChI=1S/C14H23N5O2.ClH/c1-17-13-7-10(3-5-18-8-11(9-18)21-2)16-19(13)6-4-12(15)14(17)20;/h7,11-12H,3-6,8-9,15H2,1-2H3;1H. The van der Waals surface area contributed by atoms with E-state index in [1.807, 2.05) is 10.7 Å². The summed E-state index contributed by atoms with van der Waals surface area (Å²) in [6.07, 6.45) is 1.91. The van der Waals surface area contributed by atoms with Gasteiger partial charge in [-0.15, -0.1) is 12.4 Å². The summed E-state index contributed by atoms with van der Waals surface area (Å²) in [4.78, 5) is 16.0. The topological polar surface area (TPSA) is 76.6 Å². The van der Waals surface area contributed by atoms with Gasteiger partial charge >= 0.3 is 0 Å². The van der Waals surface area contributed by atoms with E-state index in [2.05, 4.69) is 10.00 Å².